The van der Waals surface area contributed by atoms with Crippen LogP contribution in [0.15, 0.2) is 28.9 Å². The Morgan fingerprint density at radius 3 is 3.00 bits per heavy atom. The van der Waals surface area contributed by atoms with Crippen molar-refractivity contribution in [2.24, 2.45) is 0 Å². The first-order valence-electron chi connectivity index (χ1n) is 7.52. The zero-order chi connectivity index (χ0) is 16.4. The van der Waals surface area contributed by atoms with Crippen molar-refractivity contribution in [3.63, 3.8) is 0 Å². The summed E-state index contributed by atoms with van der Waals surface area (Å²) in [4.78, 5) is 12.1. The van der Waals surface area contributed by atoms with E-state index in [2.05, 4.69) is 10.4 Å². The van der Waals surface area contributed by atoms with Crippen molar-refractivity contribution in [3.05, 3.63) is 35.9 Å². The summed E-state index contributed by atoms with van der Waals surface area (Å²) in [5.74, 6) is 1.40. The second kappa shape index (κ2) is 6.19. The summed E-state index contributed by atoms with van der Waals surface area (Å²) >= 11 is 0. The van der Waals surface area contributed by atoms with E-state index < -0.39 is 9.84 Å². The third-order valence-electron chi connectivity index (χ3n) is 3.86. The standard InChI is InChI=1S/C15H19N3O4S/c1-11-9-14(16-15(19)5-4-13-3-2-7-22-13)18(17-11)12-6-8-23(20,21)10-12/h2-3,7,9,12H,4-6,8,10H2,1H3,(H,16,19). The van der Waals surface area contributed by atoms with Gasteiger partial charge in [-0.25, -0.2) is 13.1 Å². The van der Waals surface area contributed by atoms with Crippen LogP contribution in [-0.2, 0) is 21.1 Å². The molecule has 0 saturated carbocycles. The van der Waals surface area contributed by atoms with Gasteiger partial charge in [0.25, 0.3) is 0 Å². The molecular weight excluding hydrogens is 318 g/mol. The largest absolute Gasteiger partial charge is 0.469 e. The maximum atomic E-state index is 12.1. The van der Waals surface area contributed by atoms with Gasteiger partial charge in [0.15, 0.2) is 9.84 Å². The molecular formula is C15H19N3O4S. The molecule has 1 aliphatic rings. The van der Waals surface area contributed by atoms with Gasteiger partial charge >= 0.3 is 0 Å². The van der Waals surface area contributed by atoms with Crippen LogP contribution in [-0.4, -0.2) is 35.6 Å². The monoisotopic (exact) mass is 337 g/mol. The number of hydrogen-bond donors (Lipinski definition) is 1. The predicted molar refractivity (Wildman–Crippen MR) is 84.9 cm³/mol. The van der Waals surface area contributed by atoms with Gasteiger partial charge in [-0.1, -0.05) is 0 Å². The number of furan rings is 1. The van der Waals surface area contributed by atoms with E-state index >= 15 is 0 Å². The fraction of sp³-hybridized carbons (Fsp3) is 0.467. The highest BCUT2D eigenvalue weighted by Gasteiger charge is 2.31. The first kappa shape index (κ1) is 15.8. The van der Waals surface area contributed by atoms with E-state index in [0.29, 0.717) is 25.1 Å². The van der Waals surface area contributed by atoms with Crippen LogP contribution in [0.3, 0.4) is 0 Å². The molecule has 1 unspecified atom stereocenters. The van der Waals surface area contributed by atoms with Gasteiger partial charge in [-0.15, -0.1) is 0 Å². The van der Waals surface area contributed by atoms with Crippen LogP contribution < -0.4 is 5.32 Å². The number of anilines is 1. The summed E-state index contributed by atoms with van der Waals surface area (Å²) in [6.45, 7) is 1.82. The van der Waals surface area contributed by atoms with Crippen LogP contribution in [0.4, 0.5) is 5.82 Å². The van der Waals surface area contributed by atoms with Crippen LogP contribution in [0.1, 0.15) is 30.3 Å². The summed E-state index contributed by atoms with van der Waals surface area (Å²) in [6, 6.07) is 5.15. The van der Waals surface area contributed by atoms with Crippen molar-refractivity contribution in [1.29, 1.82) is 0 Å². The lowest BCUT2D eigenvalue weighted by Crippen LogP contribution is -2.19. The number of aryl methyl sites for hydroxylation is 2. The molecule has 2 aromatic heterocycles. The molecule has 0 aromatic carbocycles. The molecule has 2 aromatic rings. The molecule has 1 saturated heterocycles. The highest BCUT2D eigenvalue weighted by Crippen LogP contribution is 2.27. The lowest BCUT2D eigenvalue weighted by atomic mass is 10.2. The number of rotatable bonds is 5. The molecule has 1 N–H and O–H groups in total. The van der Waals surface area contributed by atoms with Crippen LogP contribution in [0.5, 0.6) is 0 Å². The fourth-order valence-electron chi connectivity index (χ4n) is 2.75. The van der Waals surface area contributed by atoms with E-state index in [1.165, 1.54) is 0 Å². The normalized spacial score (nSPS) is 19.8. The molecule has 3 heterocycles. The van der Waals surface area contributed by atoms with Crippen LogP contribution >= 0.6 is 0 Å². The van der Waals surface area contributed by atoms with Crippen molar-refractivity contribution in [2.75, 3.05) is 16.8 Å². The highest BCUT2D eigenvalue weighted by molar-refractivity contribution is 7.91. The Hall–Kier alpha value is -2.09. The first-order chi connectivity index (χ1) is 10.9. The molecule has 3 rings (SSSR count). The minimum Gasteiger partial charge on any atom is -0.469 e. The highest BCUT2D eigenvalue weighted by atomic mass is 32.2. The molecule has 23 heavy (non-hydrogen) atoms. The van der Waals surface area contributed by atoms with Gasteiger partial charge in [0.2, 0.25) is 5.91 Å². The average molecular weight is 337 g/mol. The molecule has 0 aliphatic carbocycles. The third-order valence-corrected chi connectivity index (χ3v) is 5.61. The van der Waals surface area contributed by atoms with E-state index in [1.54, 1.807) is 23.1 Å². The molecule has 1 amide bonds. The molecule has 8 heteroatoms. The smallest absolute Gasteiger partial charge is 0.225 e. The zero-order valence-corrected chi connectivity index (χ0v) is 13.7. The van der Waals surface area contributed by atoms with E-state index in [0.717, 1.165) is 11.5 Å². The van der Waals surface area contributed by atoms with Gasteiger partial charge in [-0.3, -0.25) is 4.79 Å². The topological polar surface area (TPSA) is 94.2 Å². The summed E-state index contributed by atoms with van der Waals surface area (Å²) in [7, 11) is -3.01. The van der Waals surface area contributed by atoms with E-state index in [4.69, 9.17) is 4.42 Å². The number of hydrogen-bond acceptors (Lipinski definition) is 5. The number of nitrogens with one attached hydrogen (secondary N) is 1. The number of nitrogens with zero attached hydrogens (tertiary/aromatic N) is 2. The number of aromatic nitrogens is 2. The van der Waals surface area contributed by atoms with Crippen molar-refractivity contribution in [2.45, 2.75) is 32.2 Å². The minimum absolute atomic E-state index is 0.0728. The van der Waals surface area contributed by atoms with E-state index in [1.807, 2.05) is 13.0 Å². The van der Waals surface area contributed by atoms with Gasteiger partial charge in [-0.2, -0.15) is 5.10 Å². The van der Waals surface area contributed by atoms with Gasteiger partial charge < -0.3 is 9.73 Å². The Morgan fingerprint density at radius 2 is 2.35 bits per heavy atom. The lowest BCUT2D eigenvalue weighted by Gasteiger charge is -2.13. The van der Waals surface area contributed by atoms with Gasteiger partial charge in [0, 0.05) is 18.9 Å². The average Bonchev–Trinajstić information content (AvgIpc) is 3.17. The van der Waals surface area contributed by atoms with E-state index in [-0.39, 0.29) is 23.5 Å². The quantitative estimate of drug-likeness (QED) is 0.896. The molecule has 1 fully saturated rings. The summed E-state index contributed by atoms with van der Waals surface area (Å²) < 4.78 is 30.1. The van der Waals surface area contributed by atoms with E-state index in [9.17, 15) is 13.2 Å². The van der Waals surface area contributed by atoms with Gasteiger partial charge in [-0.05, 0) is 25.5 Å². The second-order valence-corrected chi connectivity index (χ2v) is 8.03. The van der Waals surface area contributed by atoms with Crippen molar-refractivity contribution in [1.82, 2.24) is 9.78 Å². The van der Waals surface area contributed by atoms with Crippen LogP contribution in [0.2, 0.25) is 0 Å². The predicted octanol–water partition coefficient (Wildman–Crippen LogP) is 1.72. The molecule has 1 aliphatic heterocycles. The number of sulfone groups is 1. The maximum absolute atomic E-state index is 12.1. The Morgan fingerprint density at radius 1 is 1.52 bits per heavy atom. The Bertz CT molecular complexity index is 793. The second-order valence-electron chi connectivity index (χ2n) is 5.80. The molecule has 124 valence electrons. The molecule has 0 bridgehead atoms. The lowest BCUT2D eigenvalue weighted by molar-refractivity contribution is -0.116. The Labute approximate surface area is 134 Å². The fourth-order valence-corrected chi connectivity index (χ4v) is 4.45. The van der Waals surface area contributed by atoms with Crippen molar-refractivity contribution >= 4 is 21.6 Å². The molecule has 0 radical (unpaired) electrons. The molecule has 0 spiro atoms. The number of carbonyl (C=O) groups excluding carboxylic acids is 1. The molecule has 7 nitrogen and oxygen atoms in total. The summed E-state index contributed by atoms with van der Waals surface area (Å²) in [5, 5.41) is 7.16. The van der Waals surface area contributed by atoms with Crippen LogP contribution in [0, 0.1) is 6.92 Å². The number of amides is 1. The first-order valence-corrected chi connectivity index (χ1v) is 9.34. The zero-order valence-electron chi connectivity index (χ0n) is 12.9. The van der Waals surface area contributed by atoms with Gasteiger partial charge in [0.05, 0.1) is 29.5 Å². The Balaban J connectivity index is 1.67. The minimum atomic E-state index is -3.01. The maximum Gasteiger partial charge on any atom is 0.225 e. The van der Waals surface area contributed by atoms with Gasteiger partial charge in [0.1, 0.15) is 11.6 Å². The number of carbonyl (C=O) groups is 1. The summed E-state index contributed by atoms with van der Waals surface area (Å²) in [5.41, 5.74) is 0.746. The van der Waals surface area contributed by atoms with Crippen LogP contribution in [0.25, 0.3) is 0 Å². The van der Waals surface area contributed by atoms with Crippen molar-refractivity contribution < 1.29 is 17.6 Å². The SMILES string of the molecule is Cc1cc(NC(=O)CCc2ccco2)n(C2CCS(=O)(=O)C2)n1. The van der Waals surface area contributed by atoms with Crippen molar-refractivity contribution in [3.8, 4) is 0 Å². The molecule has 1 atom stereocenters. The summed E-state index contributed by atoms with van der Waals surface area (Å²) in [6.07, 6.45) is 2.91. The third kappa shape index (κ3) is 3.82. The Kier molecular flexibility index (Phi) is 4.25.